The molecule has 0 radical (unpaired) electrons. The zero-order chi connectivity index (χ0) is 15.8. The monoisotopic (exact) mass is 319 g/mol. The topological polar surface area (TPSA) is 17.1 Å². The van der Waals surface area contributed by atoms with Gasteiger partial charge in [-0.15, -0.1) is 0 Å². The second kappa shape index (κ2) is 5.86. The Labute approximate surface area is 140 Å². The molecule has 2 atom stereocenters. The maximum atomic E-state index is 13.1. The number of hydrogen-bond donors (Lipinski definition) is 0. The fraction of sp³-hybridized carbons (Fsp3) is 0.190. The molecule has 0 saturated carbocycles. The minimum Gasteiger partial charge on any atom is -0.284 e. The van der Waals surface area contributed by atoms with Gasteiger partial charge in [-0.25, -0.2) is 0 Å². The van der Waals surface area contributed by atoms with Crippen LogP contribution in [0.15, 0.2) is 71.2 Å². The minimum absolute atomic E-state index is 0.0179. The van der Waals surface area contributed by atoms with Crippen LogP contribution in [0.3, 0.4) is 0 Å². The molecule has 23 heavy (non-hydrogen) atoms. The van der Waals surface area contributed by atoms with Crippen LogP contribution in [0.2, 0.25) is 0 Å². The molecule has 0 saturated heterocycles. The van der Waals surface area contributed by atoms with E-state index < -0.39 is 0 Å². The van der Waals surface area contributed by atoms with Gasteiger partial charge in [0.1, 0.15) is 5.75 Å². The van der Waals surface area contributed by atoms with E-state index in [0.717, 1.165) is 22.6 Å². The van der Waals surface area contributed by atoms with E-state index in [0.29, 0.717) is 5.25 Å². The van der Waals surface area contributed by atoms with Crippen molar-refractivity contribution in [2.45, 2.75) is 18.6 Å². The average molecular weight is 319 g/mol. The van der Waals surface area contributed by atoms with Crippen LogP contribution in [0.25, 0.3) is 6.08 Å². The summed E-state index contributed by atoms with van der Waals surface area (Å²) in [5, 5.41) is 0.462. The number of benzene rings is 2. The second-order valence-corrected chi connectivity index (χ2v) is 8.37. The highest BCUT2D eigenvalue weighted by atomic mass is 32.2. The van der Waals surface area contributed by atoms with Crippen molar-refractivity contribution in [1.29, 1.82) is 0 Å². The average Bonchev–Trinajstić information content (AvgIpc) is 2.61. The number of rotatable bonds is 2. The van der Waals surface area contributed by atoms with Crippen LogP contribution in [-0.2, 0) is 10.9 Å². The smallest absolute Gasteiger partial charge is 0.240 e. The Morgan fingerprint density at radius 3 is 2.61 bits per heavy atom. The van der Waals surface area contributed by atoms with Crippen molar-refractivity contribution in [2.24, 2.45) is 0 Å². The summed E-state index contributed by atoms with van der Waals surface area (Å²) in [5.41, 5.74) is 4.88. The first-order valence-electron chi connectivity index (χ1n) is 8.00. The van der Waals surface area contributed by atoms with E-state index in [4.69, 9.17) is 0 Å². The molecule has 2 aliphatic rings. The lowest BCUT2D eigenvalue weighted by atomic mass is 9.97. The summed E-state index contributed by atoms with van der Waals surface area (Å²) < 4.78 is 0. The Bertz CT molecular complexity index is 817. The van der Waals surface area contributed by atoms with Crippen molar-refractivity contribution in [2.75, 3.05) is 5.75 Å². The molecule has 0 fully saturated rings. The summed E-state index contributed by atoms with van der Waals surface area (Å²) in [5.74, 6) is 1.19. The first-order valence-corrected chi connectivity index (χ1v) is 9.45. The Balaban J connectivity index is 1.83. The fourth-order valence-corrected chi connectivity index (χ4v) is 6.20. The largest absolute Gasteiger partial charge is 0.284 e. The molecular weight excluding hydrogens is 300 g/mol. The van der Waals surface area contributed by atoms with Crippen LogP contribution in [0.4, 0.5) is 0 Å². The van der Waals surface area contributed by atoms with Crippen molar-refractivity contribution in [1.82, 2.24) is 0 Å². The van der Waals surface area contributed by atoms with Crippen molar-refractivity contribution < 1.29 is 4.79 Å². The quantitative estimate of drug-likeness (QED) is 0.435. The van der Waals surface area contributed by atoms with Gasteiger partial charge in [0.25, 0.3) is 0 Å². The lowest BCUT2D eigenvalue weighted by Gasteiger charge is -2.28. The molecule has 0 aliphatic carbocycles. The van der Waals surface area contributed by atoms with Gasteiger partial charge in [-0.05, 0) is 18.6 Å². The highest BCUT2D eigenvalue weighted by Crippen LogP contribution is 2.45. The number of carbonyl (C=O) groups excluding carboxylic acids is 1. The molecule has 2 heteroatoms. The minimum atomic E-state index is -0.0179. The molecule has 114 valence electrons. The Morgan fingerprint density at radius 1 is 1.04 bits per heavy atom. The van der Waals surface area contributed by atoms with Gasteiger partial charge in [0.05, 0.1) is 0 Å². The van der Waals surface area contributed by atoms with E-state index in [1.165, 1.54) is 16.7 Å². The number of fused-ring (bicyclic) bond motifs is 3. The zero-order valence-electron chi connectivity index (χ0n) is 13.2. The number of allylic oxidation sites excluding steroid dienone is 2. The van der Waals surface area contributed by atoms with Crippen molar-refractivity contribution in [3.63, 3.8) is 0 Å². The first kappa shape index (κ1) is 14.5. The molecule has 0 bridgehead atoms. The van der Waals surface area contributed by atoms with Gasteiger partial charge in [-0.3, -0.25) is 4.79 Å². The standard InChI is InChI=1S/C21H19OS/c1-15-11-12-23-19(13-15)18-10-6-5-9-17(18)14-20(23)21(22)16-7-3-2-4-8-16/h2-11,14,19H,12-13H2,1H3/q+1. The Kier molecular flexibility index (Phi) is 3.70. The summed E-state index contributed by atoms with van der Waals surface area (Å²) >= 11 is 0. The van der Waals surface area contributed by atoms with Crippen molar-refractivity contribution in [3.05, 3.63) is 87.8 Å². The second-order valence-electron chi connectivity index (χ2n) is 6.17. The van der Waals surface area contributed by atoms with Gasteiger partial charge in [0, 0.05) is 34.5 Å². The van der Waals surface area contributed by atoms with Gasteiger partial charge in [0.2, 0.25) is 10.7 Å². The highest BCUT2D eigenvalue weighted by Gasteiger charge is 2.44. The van der Waals surface area contributed by atoms with Crippen LogP contribution >= 0.6 is 0 Å². The Morgan fingerprint density at radius 2 is 1.78 bits per heavy atom. The lowest BCUT2D eigenvalue weighted by Crippen LogP contribution is -2.29. The summed E-state index contributed by atoms with van der Waals surface area (Å²) in [6.07, 6.45) is 5.53. The number of carbonyl (C=O) groups is 1. The van der Waals surface area contributed by atoms with Crippen molar-refractivity contribution in [3.8, 4) is 0 Å². The predicted octanol–water partition coefficient (Wildman–Crippen LogP) is 4.93. The summed E-state index contributed by atoms with van der Waals surface area (Å²) in [4.78, 5) is 14.1. The number of ketones is 1. The molecular formula is C21H19OS+. The molecule has 2 aromatic carbocycles. The van der Waals surface area contributed by atoms with Crippen LogP contribution in [0.5, 0.6) is 0 Å². The Hall–Kier alpha value is -2.06. The number of Topliss-reactive ketones (excluding diaryl/α,β-unsaturated/α-hetero) is 1. The SMILES string of the molecule is CC1=CC[S+]2C(C(=O)c3ccccc3)=Cc3ccccc3C2C1. The van der Waals surface area contributed by atoms with E-state index in [1.54, 1.807) is 0 Å². The predicted molar refractivity (Wildman–Crippen MR) is 98.5 cm³/mol. The third kappa shape index (κ3) is 2.57. The lowest BCUT2D eigenvalue weighted by molar-refractivity contribution is 0.104. The fourth-order valence-electron chi connectivity index (χ4n) is 3.40. The molecule has 4 rings (SSSR count). The van der Waals surface area contributed by atoms with E-state index >= 15 is 0 Å². The van der Waals surface area contributed by atoms with E-state index in [9.17, 15) is 4.79 Å². The van der Waals surface area contributed by atoms with Gasteiger partial charge in [0.15, 0.2) is 5.25 Å². The molecule has 2 aromatic rings. The molecule has 0 N–H and O–H groups in total. The summed E-state index contributed by atoms with van der Waals surface area (Å²) in [7, 11) is -0.0179. The van der Waals surface area contributed by atoms with Gasteiger partial charge < -0.3 is 0 Å². The maximum absolute atomic E-state index is 13.1. The van der Waals surface area contributed by atoms with Crippen molar-refractivity contribution >= 4 is 22.8 Å². The van der Waals surface area contributed by atoms with Gasteiger partial charge in [-0.2, -0.15) is 0 Å². The third-order valence-corrected chi connectivity index (χ3v) is 7.14. The molecule has 2 unspecified atom stereocenters. The highest BCUT2D eigenvalue weighted by molar-refractivity contribution is 8.02. The zero-order valence-corrected chi connectivity index (χ0v) is 14.0. The molecule has 0 aromatic heterocycles. The van der Waals surface area contributed by atoms with Crippen LogP contribution < -0.4 is 0 Å². The maximum Gasteiger partial charge on any atom is 0.240 e. The first-order chi connectivity index (χ1) is 11.2. The van der Waals surface area contributed by atoms with E-state index in [1.807, 2.05) is 30.3 Å². The van der Waals surface area contributed by atoms with Crippen LogP contribution in [-0.4, -0.2) is 11.5 Å². The molecule has 0 spiro atoms. The van der Waals surface area contributed by atoms with E-state index in [2.05, 4.69) is 43.3 Å². The summed E-state index contributed by atoms with van der Waals surface area (Å²) in [6.45, 7) is 2.21. The normalized spacial score (nSPS) is 22.5. The molecule has 2 aliphatic heterocycles. The van der Waals surface area contributed by atoms with Gasteiger partial charge >= 0.3 is 0 Å². The summed E-state index contributed by atoms with van der Waals surface area (Å²) in [6, 6.07) is 18.2. The molecule has 1 nitrogen and oxygen atoms in total. The molecule has 2 heterocycles. The molecule has 0 amide bonds. The number of hydrogen-bond acceptors (Lipinski definition) is 1. The van der Waals surface area contributed by atoms with Crippen LogP contribution in [0.1, 0.15) is 40.1 Å². The van der Waals surface area contributed by atoms with Crippen LogP contribution in [0, 0.1) is 0 Å². The third-order valence-electron chi connectivity index (χ3n) is 4.63. The van der Waals surface area contributed by atoms with E-state index in [-0.39, 0.29) is 16.7 Å². The van der Waals surface area contributed by atoms with Gasteiger partial charge in [-0.1, -0.05) is 60.2 Å².